The van der Waals surface area contributed by atoms with Crippen molar-refractivity contribution in [3.63, 3.8) is 0 Å². The van der Waals surface area contributed by atoms with Gasteiger partial charge >= 0.3 is 0 Å². The Kier molecular flexibility index (Phi) is 3.21. The Morgan fingerprint density at radius 2 is 2.27 bits per heavy atom. The molecule has 3 heteroatoms. The molecule has 0 spiro atoms. The largest absolute Gasteiger partial charge is 0.352 e. The number of nitrogens with one attached hydrogen (secondary N) is 1. The molecule has 15 heavy (non-hydrogen) atoms. The first-order chi connectivity index (χ1) is 7.25. The van der Waals surface area contributed by atoms with E-state index in [4.69, 9.17) is 0 Å². The van der Waals surface area contributed by atoms with Crippen LogP contribution in [0.15, 0.2) is 34.3 Å². The molecule has 1 aliphatic heterocycles. The molecule has 0 unspecified atom stereocenters. The van der Waals surface area contributed by atoms with Gasteiger partial charge in [0.1, 0.15) is 0 Å². The summed E-state index contributed by atoms with van der Waals surface area (Å²) >= 11 is 3.41. The topological polar surface area (TPSA) is 29.1 Å². The molecule has 1 aromatic rings. The highest BCUT2D eigenvalue weighted by Crippen LogP contribution is 2.17. The molecule has 0 aliphatic carbocycles. The van der Waals surface area contributed by atoms with Crippen LogP contribution in [0.25, 0.3) is 6.08 Å². The van der Waals surface area contributed by atoms with Gasteiger partial charge in [-0.1, -0.05) is 28.1 Å². The van der Waals surface area contributed by atoms with Crippen LogP contribution in [0.1, 0.15) is 18.4 Å². The van der Waals surface area contributed by atoms with Gasteiger partial charge in [-0.25, -0.2) is 0 Å². The van der Waals surface area contributed by atoms with E-state index in [1.54, 1.807) is 0 Å². The Labute approximate surface area is 97.5 Å². The molecule has 1 N–H and O–H groups in total. The van der Waals surface area contributed by atoms with Crippen LogP contribution in [-0.4, -0.2) is 12.5 Å². The van der Waals surface area contributed by atoms with Crippen molar-refractivity contribution in [1.82, 2.24) is 5.32 Å². The SMILES string of the molecule is O=C1NCCC/C1=C\c1cccc(Br)c1. The summed E-state index contributed by atoms with van der Waals surface area (Å²) < 4.78 is 1.04. The maximum Gasteiger partial charge on any atom is 0.247 e. The third-order valence-electron chi connectivity index (χ3n) is 2.39. The Bertz CT molecular complexity index is 412. The molecule has 0 atom stereocenters. The fourth-order valence-electron chi connectivity index (χ4n) is 1.64. The highest BCUT2D eigenvalue weighted by atomic mass is 79.9. The quantitative estimate of drug-likeness (QED) is 0.778. The number of hydrogen-bond acceptors (Lipinski definition) is 1. The molecule has 0 saturated carbocycles. The molecule has 1 aliphatic rings. The lowest BCUT2D eigenvalue weighted by molar-refractivity contribution is -0.118. The number of piperidine rings is 1. The summed E-state index contributed by atoms with van der Waals surface area (Å²) in [7, 11) is 0. The molecular weight excluding hydrogens is 254 g/mol. The van der Waals surface area contributed by atoms with Gasteiger partial charge in [-0.15, -0.1) is 0 Å². The van der Waals surface area contributed by atoms with Crippen LogP contribution < -0.4 is 5.32 Å². The molecule has 1 aromatic carbocycles. The molecular formula is C12H12BrNO. The minimum atomic E-state index is 0.0706. The molecule has 78 valence electrons. The number of amides is 1. The standard InChI is InChI=1S/C12H12BrNO/c13-11-5-1-3-9(8-11)7-10-4-2-6-14-12(10)15/h1,3,5,7-8H,2,4,6H2,(H,14,15)/b10-7+. The zero-order valence-corrected chi connectivity index (χ0v) is 9.88. The molecule has 1 saturated heterocycles. The molecule has 1 amide bonds. The van der Waals surface area contributed by atoms with Gasteiger partial charge < -0.3 is 5.32 Å². The monoisotopic (exact) mass is 265 g/mol. The fraction of sp³-hybridized carbons (Fsp3) is 0.250. The van der Waals surface area contributed by atoms with Crippen molar-refractivity contribution < 1.29 is 4.79 Å². The summed E-state index contributed by atoms with van der Waals surface area (Å²) in [6, 6.07) is 7.95. The predicted molar refractivity (Wildman–Crippen MR) is 64.4 cm³/mol. The van der Waals surface area contributed by atoms with Crippen molar-refractivity contribution in [2.45, 2.75) is 12.8 Å². The molecule has 0 bridgehead atoms. The predicted octanol–water partition coefficient (Wildman–Crippen LogP) is 2.74. The number of carbonyl (C=O) groups is 1. The summed E-state index contributed by atoms with van der Waals surface area (Å²) in [4.78, 5) is 11.5. The first-order valence-electron chi connectivity index (χ1n) is 5.00. The van der Waals surface area contributed by atoms with Gasteiger partial charge in [0.05, 0.1) is 0 Å². The van der Waals surface area contributed by atoms with E-state index in [0.717, 1.165) is 35.0 Å². The van der Waals surface area contributed by atoms with Gasteiger partial charge in [0.15, 0.2) is 0 Å². The maximum atomic E-state index is 11.5. The summed E-state index contributed by atoms with van der Waals surface area (Å²) in [6.45, 7) is 0.800. The van der Waals surface area contributed by atoms with E-state index in [9.17, 15) is 4.79 Å². The minimum Gasteiger partial charge on any atom is -0.352 e. The molecule has 0 aromatic heterocycles. The Hall–Kier alpha value is -1.09. The molecule has 2 rings (SSSR count). The number of benzene rings is 1. The van der Waals surface area contributed by atoms with Gasteiger partial charge in [-0.3, -0.25) is 4.79 Å². The van der Waals surface area contributed by atoms with Crippen molar-refractivity contribution in [3.05, 3.63) is 39.9 Å². The number of rotatable bonds is 1. The average Bonchev–Trinajstić information content (AvgIpc) is 2.22. The van der Waals surface area contributed by atoms with Crippen molar-refractivity contribution >= 4 is 27.9 Å². The van der Waals surface area contributed by atoms with Crippen molar-refractivity contribution in [3.8, 4) is 0 Å². The van der Waals surface area contributed by atoms with Crippen molar-refractivity contribution in [2.24, 2.45) is 0 Å². The smallest absolute Gasteiger partial charge is 0.247 e. The molecule has 1 fully saturated rings. The third-order valence-corrected chi connectivity index (χ3v) is 2.88. The van der Waals surface area contributed by atoms with Gasteiger partial charge in [0.25, 0.3) is 0 Å². The average molecular weight is 266 g/mol. The van der Waals surface area contributed by atoms with E-state index in [1.807, 2.05) is 30.3 Å². The van der Waals surface area contributed by atoms with Gasteiger partial charge in [-0.05, 0) is 36.6 Å². The highest BCUT2D eigenvalue weighted by molar-refractivity contribution is 9.10. The maximum absolute atomic E-state index is 11.5. The van der Waals surface area contributed by atoms with Crippen molar-refractivity contribution in [2.75, 3.05) is 6.54 Å². The van der Waals surface area contributed by atoms with E-state index in [0.29, 0.717) is 0 Å². The number of hydrogen-bond donors (Lipinski definition) is 1. The second-order valence-corrected chi connectivity index (χ2v) is 4.50. The lowest BCUT2D eigenvalue weighted by Crippen LogP contribution is -2.30. The van der Waals surface area contributed by atoms with Crippen LogP contribution in [0.2, 0.25) is 0 Å². The van der Waals surface area contributed by atoms with Crippen LogP contribution in [0, 0.1) is 0 Å². The Morgan fingerprint density at radius 1 is 1.40 bits per heavy atom. The summed E-state index contributed by atoms with van der Waals surface area (Å²) in [5.41, 5.74) is 1.94. The van der Waals surface area contributed by atoms with Gasteiger partial charge in [0, 0.05) is 16.6 Å². The summed E-state index contributed by atoms with van der Waals surface area (Å²) in [5, 5.41) is 2.85. The van der Waals surface area contributed by atoms with Crippen LogP contribution in [0.3, 0.4) is 0 Å². The van der Waals surface area contributed by atoms with Crippen LogP contribution in [0.4, 0.5) is 0 Å². The first-order valence-corrected chi connectivity index (χ1v) is 5.79. The fourth-order valence-corrected chi connectivity index (χ4v) is 2.06. The van der Waals surface area contributed by atoms with Crippen LogP contribution in [0.5, 0.6) is 0 Å². The summed E-state index contributed by atoms with van der Waals surface area (Å²) in [6.07, 6.45) is 3.86. The van der Waals surface area contributed by atoms with E-state index in [2.05, 4.69) is 21.2 Å². The van der Waals surface area contributed by atoms with Gasteiger partial charge in [0.2, 0.25) is 5.91 Å². The Morgan fingerprint density at radius 3 is 3.00 bits per heavy atom. The van der Waals surface area contributed by atoms with Crippen molar-refractivity contribution in [1.29, 1.82) is 0 Å². The molecule has 0 radical (unpaired) electrons. The highest BCUT2D eigenvalue weighted by Gasteiger charge is 2.13. The number of carbonyl (C=O) groups excluding carboxylic acids is 1. The first kappa shape index (κ1) is 10.4. The molecule has 1 heterocycles. The normalized spacial score (nSPS) is 19.0. The van der Waals surface area contributed by atoms with E-state index >= 15 is 0 Å². The zero-order valence-electron chi connectivity index (χ0n) is 8.29. The lowest BCUT2D eigenvalue weighted by atomic mass is 10.0. The van der Waals surface area contributed by atoms with Crippen LogP contribution >= 0.6 is 15.9 Å². The Balaban J connectivity index is 2.25. The van der Waals surface area contributed by atoms with E-state index in [1.165, 1.54) is 0 Å². The zero-order chi connectivity index (χ0) is 10.7. The van der Waals surface area contributed by atoms with Crippen LogP contribution in [-0.2, 0) is 4.79 Å². The summed E-state index contributed by atoms with van der Waals surface area (Å²) in [5.74, 6) is 0.0706. The second kappa shape index (κ2) is 4.62. The third kappa shape index (κ3) is 2.69. The lowest BCUT2D eigenvalue weighted by Gasteiger charge is -2.14. The number of halogens is 1. The molecule has 2 nitrogen and oxygen atoms in total. The second-order valence-electron chi connectivity index (χ2n) is 3.58. The van der Waals surface area contributed by atoms with E-state index in [-0.39, 0.29) is 5.91 Å². The van der Waals surface area contributed by atoms with E-state index < -0.39 is 0 Å². The minimum absolute atomic E-state index is 0.0706. The van der Waals surface area contributed by atoms with Gasteiger partial charge in [-0.2, -0.15) is 0 Å².